The van der Waals surface area contributed by atoms with Crippen LogP contribution in [0.5, 0.6) is 0 Å². The summed E-state index contributed by atoms with van der Waals surface area (Å²) in [6.45, 7) is 5.71. The lowest BCUT2D eigenvalue weighted by atomic mass is 10.1. The topological polar surface area (TPSA) is 51.2 Å². The van der Waals surface area contributed by atoms with Gasteiger partial charge in [-0.2, -0.15) is 0 Å². The summed E-state index contributed by atoms with van der Waals surface area (Å²) in [6.07, 6.45) is 0.408. The van der Waals surface area contributed by atoms with Gasteiger partial charge in [-0.1, -0.05) is 18.2 Å². The van der Waals surface area contributed by atoms with Crippen LogP contribution in [0.25, 0.3) is 0 Å². The maximum absolute atomic E-state index is 11.4. The highest BCUT2D eigenvalue weighted by Crippen LogP contribution is 2.18. The molecule has 2 atom stereocenters. The highest BCUT2D eigenvalue weighted by atomic mass is 16.5. The van der Waals surface area contributed by atoms with Gasteiger partial charge in [-0.25, -0.2) is 0 Å². The van der Waals surface area contributed by atoms with E-state index in [1.807, 2.05) is 6.07 Å². The minimum Gasteiger partial charge on any atom is -0.469 e. The van der Waals surface area contributed by atoms with Crippen LogP contribution in [0, 0.1) is 0 Å². The molecule has 2 aliphatic heterocycles. The molecule has 3 rings (SSSR count). The number of nitrogens with zero attached hydrogens (tertiary/aromatic N) is 2. The van der Waals surface area contributed by atoms with Gasteiger partial charge in [0, 0.05) is 38.4 Å². The normalized spacial score (nSPS) is 25.5. The third kappa shape index (κ3) is 4.69. The maximum Gasteiger partial charge on any atom is 0.308 e. The standard InChI is InChI=1S/C18H26N2O4/c1-22-18(21)11-16-12-19(7-9-23-16)13-17-14-20(8-10-24-17)15-5-3-2-4-6-15/h2-6,16-17H,7-14H2,1H3/t16-,17+/m0/s1. The molecule has 2 heterocycles. The van der Waals surface area contributed by atoms with Crippen LogP contribution >= 0.6 is 0 Å². The average Bonchev–Trinajstić information content (AvgIpc) is 2.63. The highest BCUT2D eigenvalue weighted by Gasteiger charge is 2.27. The first-order valence-corrected chi connectivity index (χ1v) is 8.57. The molecular formula is C18H26N2O4. The molecule has 2 aliphatic rings. The van der Waals surface area contributed by atoms with Gasteiger partial charge in [0.2, 0.25) is 0 Å². The number of hydrogen-bond donors (Lipinski definition) is 0. The molecule has 6 heteroatoms. The Morgan fingerprint density at radius 2 is 1.88 bits per heavy atom. The van der Waals surface area contributed by atoms with Crippen molar-refractivity contribution in [2.24, 2.45) is 0 Å². The van der Waals surface area contributed by atoms with Crippen LogP contribution in [-0.2, 0) is 19.0 Å². The summed E-state index contributed by atoms with van der Waals surface area (Å²) in [5, 5.41) is 0. The Hall–Kier alpha value is -1.63. The third-order valence-corrected chi connectivity index (χ3v) is 4.57. The van der Waals surface area contributed by atoms with Gasteiger partial charge in [0.1, 0.15) is 0 Å². The number of esters is 1. The number of rotatable bonds is 5. The van der Waals surface area contributed by atoms with Crippen molar-refractivity contribution in [3.63, 3.8) is 0 Å². The van der Waals surface area contributed by atoms with Crippen molar-refractivity contribution in [1.29, 1.82) is 0 Å². The smallest absolute Gasteiger partial charge is 0.308 e. The van der Waals surface area contributed by atoms with Gasteiger partial charge in [0.05, 0.1) is 39.0 Å². The molecule has 0 aliphatic carbocycles. The molecule has 6 nitrogen and oxygen atoms in total. The fourth-order valence-corrected chi connectivity index (χ4v) is 3.33. The fourth-order valence-electron chi connectivity index (χ4n) is 3.33. The molecule has 0 saturated carbocycles. The molecule has 0 unspecified atom stereocenters. The SMILES string of the molecule is COC(=O)C[C@H]1CN(C[C@@H]2CN(c3ccccc3)CCO2)CCO1. The third-order valence-electron chi connectivity index (χ3n) is 4.57. The van der Waals surface area contributed by atoms with Crippen molar-refractivity contribution in [1.82, 2.24) is 4.90 Å². The van der Waals surface area contributed by atoms with E-state index in [2.05, 4.69) is 34.1 Å². The number of anilines is 1. The molecule has 0 bridgehead atoms. The van der Waals surface area contributed by atoms with Crippen molar-refractivity contribution in [2.45, 2.75) is 18.6 Å². The summed E-state index contributed by atoms with van der Waals surface area (Å²) in [4.78, 5) is 16.1. The monoisotopic (exact) mass is 334 g/mol. The number of carbonyl (C=O) groups excluding carboxylic acids is 1. The van der Waals surface area contributed by atoms with Crippen molar-refractivity contribution >= 4 is 11.7 Å². The van der Waals surface area contributed by atoms with E-state index in [9.17, 15) is 4.79 Å². The Morgan fingerprint density at radius 3 is 2.67 bits per heavy atom. The van der Waals surface area contributed by atoms with Gasteiger partial charge in [0.15, 0.2) is 0 Å². The van der Waals surface area contributed by atoms with Crippen molar-refractivity contribution in [3.8, 4) is 0 Å². The number of methoxy groups -OCH3 is 1. The van der Waals surface area contributed by atoms with Crippen molar-refractivity contribution in [3.05, 3.63) is 30.3 Å². The van der Waals surface area contributed by atoms with Gasteiger partial charge >= 0.3 is 5.97 Å². The van der Waals surface area contributed by atoms with Crippen LogP contribution in [0.4, 0.5) is 5.69 Å². The molecule has 0 spiro atoms. The second kappa shape index (κ2) is 8.46. The lowest BCUT2D eigenvalue weighted by molar-refractivity contribution is -0.146. The minimum atomic E-state index is -0.217. The summed E-state index contributed by atoms with van der Waals surface area (Å²) in [5.74, 6) is -0.217. The Morgan fingerprint density at radius 1 is 1.12 bits per heavy atom. The van der Waals surface area contributed by atoms with Gasteiger partial charge in [-0.3, -0.25) is 9.69 Å². The molecule has 0 amide bonds. The van der Waals surface area contributed by atoms with Gasteiger partial charge in [-0.15, -0.1) is 0 Å². The lowest BCUT2D eigenvalue weighted by Gasteiger charge is -2.39. The molecule has 24 heavy (non-hydrogen) atoms. The largest absolute Gasteiger partial charge is 0.469 e. The first-order valence-electron chi connectivity index (χ1n) is 8.57. The molecule has 0 N–H and O–H groups in total. The molecule has 2 fully saturated rings. The van der Waals surface area contributed by atoms with E-state index < -0.39 is 0 Å². The molecule has 2 saturated heterocycles. The number of morpholine rings is 2. The summed E-state index contributed by atoms with van der Waals surface area (Å²) in [6, 6.07) is 10.5. The van der Waals surface area contributed by atoms with E-state index in [0.29, 0.717) is 13.0 Å². The molecule has 0 aromatic heterocycles. The molecule has 1 aromatic rings. The van der Waals surface area contributed by atoms with Gasteiger partial charge in [0.25, 0.3) is 0 Å². The summed E-state index contributed by atoms with van der Waals surface area (Å²) < 4.78 is 16.4. The van der Waals surface area contributed by atoms with E-state index in [1.165, 1.54) is 12.8 Å². The van der Waals surface area contributed by atoms with Crippen LogP contribution in [0.1, 0.15) is 6.42 Å². The second-order valence-corrected chi connectivity index (χ2v) is 6.31. The van der Waals surface area contributed by atoms with Crippen LogP contribution in [0.15, 0.2) is 30.3 Å². The summed E-state index contributed by atoms with van der Waals surface area (Å²) in [7, 11) is 1.41. The Labute approximate surface area is 143 Å². The van der Waals surface area contributed by atoms with Crippen LogP contribution < -0.4 is 4.90 Å². The summed E-state index contributed by atoms with van der Waals surface area (Å²) >= 11 is 0. The number of benzene rings is 1. The highest BCUT2D eigenvalue weighted by molar-refractivity contribution is 5.69. The van der Waals surface area contributed by atoms with Crippen molar-refractivity contribution in [2.75, 3.05) is 57.9 Å². The summed E-state index contributed by atoms with van der Waals surface area (Å²) in [5.41, 5.74) is 1.25. The van der Waals surface area contributed by atoms with Crippen molar-refractivity contribution < 1.29 is 19.0 Å². The van der Waals surface area contributed by atoms with E-state index in [4.69, 9.17) is 14.2 Å². The molecular weight excluding hydrogens is 308 g/mol. The first kappa shape index (κ1) is 17.2. The average molecular weight is 334 g/mol. The van der Waals surface area contributed by atoms with E-state index >= 15 is 0 Å². The van der Waals surface area contributed by atoms with Crippen LogP contribution in [0.2, 0.25) is 0 Å². The van der Waals surface area contributed by atoms with Gasteiger partial charge < -0.3 is 19.1 Å². The molecule has 1 aromatic carbocycles. The predicted octanol–water partition coefficient (Wildman–Crippen LogP) is 1.16. The number of ether oxygens (including phenoxy) is 3. The van der Waals surface area contributed by atoms with E-state index in [-0.39, 0.29) is 18.2 Å². The lowest BCUT2D eigenvalue weighted by Crippen LogP contribution is -2.51. The van der Waals surface area contributed by atoms with E-state index in [0.717, 1.165) is 39.3 Å². The van der Waals surface area contributed by atoms with Crippen LogP contribution in [-0.4, -0.2) is 76.1 Å². The quantitative estimate of drug-likeness (QED) is 0.753. The number of para-hydroxylation sites is 1. The van der Waals surface area contributed by atoms with E-state index in [1.54, 1.807) is 0 Å². The zero-order valence-electron chi connectivity index (χ0n) is 14.2. The zero-order valence-corrected chi connectivity index (χ0v) is 14.2. The molecule has 0 radical (unpaired) electrons. The fraction of sp³-hybridized carbons (Fsp3) is 0.611. The number of hydrogen-bond acceptors (Lipinski definition) is 6. The Kier molecular flexibility index (Phi) is 6.07. The Bertz CT molecular complexity index is 525. The second-order valence-electron chi connectivity index (χ2n) is 6.31. The molecule has 132 valence electrons. The van der Waals surface area contributed by atoms with Crippen LogP contribution in [0.3, 0.4) is 0 Å². The maximum atomic E-state index is 11.4. The minimum absolute atomic E-state index is 0.0833. The van der Waals surface area contributed by atoms with Gasteiger partial charge in [-0.05, 0) is 12.1 Å². The number of carbonyl (C=O) groups is 1. The Balaban J connectivity index is 1.51. The predicted molar refractivity (Wildman–Crippen MR) is 91.2 cm³/mol. The first-order chi connectivity index (χ1) is 11.7. The zero-order chi connectivity index (χ0) is 16.8.